The van der Waals surface area contributed by atoms with Gasteiger partial charge in [0.25, 0.3) is 0 Å². The molecule has 8 aromatic carbocycles. The minimum absolute atomic E-state index is 1.05. The van der Waals surface area contributed by atoms with Gasteiger partial charge >= 0.3 is 0 Å². The van der Waals surface area contributed by atoms with Crippen LogP contribution in [0.5, 0.6) is 0 Å². The number of hydrogen-bond donors (Lipinski definition) is 2. The third kappa shape index (κ3) is 7.61. The number of benzene rings is 8. The Morgan fingerprint density at radius 2 is 0.545 bits per heavy atom. The zero-order valence-corrected chi connectivity index (χ0v) is 31.0. The highest BCUT2D eigenvalue weighted by Gasteiger charge is 2.15. The third-order valence-electron chi connectivity index (χ3n) is 9.93. The van der Waals surface area contributed by atoms with Gasteiger partial charge in [0.2, 0.25) is 0 Å². The molecule has 0 aliphatic carbocycles. The summed E-state index contributed by atoms with van der Waals surface area (Å²) in [6.45, 7) is 0. The Morgan fingerprint density at radius 1 is 0.255 bits per heavy atom. The van der Waals surface area contributed by atoms with Gasteiger partial charge in [0, 0.05) is 43.6 Å². The van der Waals surface area contributed by atoms with Crippen molar-refractivity contribution in [1.29, 1.82) is 0 Å². The molecule has 0 saturated heterocycles. The average molecular weight is 723 g/mol. The number of rotatable bonds is 10. The first-order valence-corrected chi connectivity index (χ1v) is 19.4. The molecule has 0 aliphatic heterocycles. The molecular weight excluding hydrogens is 685 g/mol. The van der Waals surface area contributed by atoms with E-state index in [2.05, 4.69) is 229 Å². The van der Waals surface area contributed by atoms with Gasteiger partial charge in [0.05, 0.1) is 0 Å². The van der Waals surface area contributed by atoms with Gasteiger partial charge in [-0.2, -0.15) is 0 Å². The summed E-state index contributed by atoms with van der Waals surface area (Å²) in [4.78, 5) is 2.40. The molecule has 55 heavy (non-hydrogen) atoms. The van der Waals surface area contributed by atoms with E-state index in [-0.39, 0.29) is 0 Å². The largest absolute Gasteiger partial charge is 0.355 e. The van der Waals surface area contributed by atoms with Crippen LogP contribution in [-0.4, -0.2) is 0 Å². The van der Waals surface area contributed by atoms with Crippen LogP contribution in [0.15, 0.2) is 218 Å². The summed E-state index contributed by atoms with van der Waals surface area (Å²) in [5, 5.41) is 7.49. The Morgan fingerprint density at radius 3 is 0.909 bits per heavy atom. The molecule has 0 amide bonds. The SMILES string of the molecule is c1ccc(Nc2cc(-c3ccc(-c4ccccc4)cc3)ccc2-c2ccc(-c3ccc(-c4ccc(-c5ccccc5)cc4)cc3Nc3ccccc3)s2)cc1. The summed E-state index contributed by atoms with van der Waals surface area (Å²) >= 11 is 1.81. The number of hydrogen-bond acceptors (Lipinski definition) is 3. The second-order valence-corrected chi connectivity index (χ2v) is 14.6. The fraction of sp³-hybridized carbons (Fsp3) is 0. The predicted octanol–water partition coefficient (Wildman–Crippen LogP) is 15.2. The van der Waals surface area contributed by atoms with Crippen molar-refractivity contribution < 1.29 is 0 Å². The maximum Gasteiger partial charge on any atom is 0.0478 e. The van der Waals surface area contributed by atoms with Crippen molar-refractivity contribution in [3.05, 3.63) is 218 Å². The number of para-hydroxylation sites is 2. The van der Waals surface area contributed by atoms with Gasteiger partial charge in [-0.1, -0.05) is 170 Å². The van der Waals surface area contributed by atoms with E-state index in [0.717, 1.165) is 33.9 Å². The summed E-state index contributed by atoms with van der Waals surface area (Å²) in [6, 6.07) is 77.7. The summed E-state index contributed by atoms with van der Waals surface area (Å²) < 4.78 is 0. The highest BCUT2D eigenvalue weighted by molar-refractivity contribution is 7.19. The standard InChI is InChI=1S/C52H38N2S/c1-5-13-37(14-6-1)39-21-25-41(26-22-39)43-29-31-47(49(35-43)53-45-17-9-3-10-18-45)51-33-34-52(55-51)48-32-30-44(36-50(48)54-46-19-11-4-12-20-46)42-27-23-40(24-28-42)38-15-7-2-8-16-38/h1-36,53-54H. The smallest absolute Gasteiger partial charge is 0.0478 e. The molecule has 1 aromatic heterocycles. The Kier molecular flexibility index (Phi) is 9.59. The molecule has 0 unspecified atom stereocenters. The van der Waals surface area contributed by atoms with Crippen molar-refractivity contribution in [1.82, 2.24) is 0 Å². The Bertz CT molecular complexity index is 2460. The first-order valence-electron chi connectivity index (χ1n) is 18.6. The molecule has 262 valence electrons. The molecule has 0 fully saturated rings. The minimum atomic E-state index is 1.05. The Balaban J connectivity index is 1.06. The van der Waals surface area contributed by atoms with Crippen LogP contribution in [0.25, 0.3) is 65.4 Å². The Labute approximate surface area is 327 Å². The van der Waals surface area contributed by atoms with Crippen molar-refractivity contribution >= 4 is 34.1 Å². The third-order valence-corrected chi connectivity index (χ3v) is 11.1. The van der Waals surface area contributed by atoms with Gasteiger partial charge in [-0.3, -0.25) is 0 Å². The topological polar surface area (TPSA) is 24.1 Å². The van der Waals surface area contributed by atoms with Crippen LogP contribution in [0.3, 0.4) is 0 Å². The molecule has 0 radical (unpaired) electrons. The zero-order valence-electron chi connectivity index (χ0n) is 30.2. The van der Waals surface area contributed by atoms with Crippen LogP contribution in [-0.2, 0) is 0 Å². The van der Waals surface area contributed by atoms with E-state index in [4.69, 9.17) is 0 Å². The molecule has 1 heterocycles. The van der Waals surface area contributed by atoms with Gasteiger partial charge in [-0.25, -0.2) is 0 Å². The molecular formula is C52H38N2S. The molecule has 3 heteroatoms. The molecule has 0 atom stereocenters. The maximum atomic E-state index is 3.75. The van der Waals surface area contributed by atoms with Gasteiger partial charge in [0.1, 0.15) is 0 Å². The van der Waals surface area contributed by atoms with Crippen molar-refractivity contribution in [2.24, 2.45) is 0 Å². The maximum absolute atomic E-state index is 3.75. The molecule has 0 spiro atoms. The van der Waals surface area contributed by atoms with E-state index < -0.39 is 0 Å². The monoisotopic (exact) mass is 722 g/mol. The lowest BCUT2D eigenvalue weighted by atomic mass is 9.98. The fourth-order valence-electron chi connectivity index (χ4n) is 7.04. The van der Waals surface area contributed by atoms with E-state index in [1.165, 1.54) is 54.3 Å². The van der Waals surface area contributed by atoms with Crippen LogP contribution in [0.1, 0.15) is 0 Å². The second kappa shape index (κ2) is 15.6. The van der Waals surface area contributed by atoms with Crippen LogP contribution < -0.4 is 10.6 Å². The summed E-state index contributed by atoms with van der Waals surface area (Å²) in [7, 11) is 0. The Hall–Kier alpha value is -6.94. The summed E-state index contributed by atoms with van der Waals surface area (Å²) in [5.74, 6) is 0. The quantitative estimate of drug-likeness (QED) is 0.147. The van der Waals surface area contributed by atoms with E-state index in [1.807, 2.05) is 11.3 Å². The van der Waals surface area contributed by atoms with Crippen molar-refractivity contribution in [2.45, 2.75) is 0 Å². The van der Waals surface area contributed by atoms with E-state index in [9.17, 15) is 0 Å². The lowest BCUT2D eigenvalue weighted by Crippen LogP contribution is -1.94. The van der Waals surface area contributed by atoms with Gasteiger partial charge in [0.15, 0.2) is 0 Å². The number of anilines is 4. The van der Waals surface area contributed by atoms with Crippen LogP contribution in [0, 0.1) is 0 Å². The molecule has 0 aliphatic rings. The highest BCUT2D eigenvalue weighted by Crippen LogP contribution is 2.44. The van der Waals surface area contributed by atoms with Crippen molar-refractivity contribution in [3.8, 4) is 65.4 Å². The summed E-state index contributed by atoms with van der Waals surface area (Å²) in [6.07, 6.45) is 0. The van der Waals surface area contributed by atoms with Crippen molar-refractivity contribution in [2.75, 3.05) is 10.6 Å². The van der Waals surface area contributed by atoms with E-state index in [0.29, 0.717) is 0 Å². The van der Waals surface area contributed by atoms with Gasteiger partial charge in [-0.15, -0.1) is 11.3 Å². The summed E-state index contributed by atoms with van der Waals surface area (Å²) in [5.41, 5.74) is 16.1. The zero-order chi connectivity index (χ0) is 36.8. The first kappa shape index (κ1) is 33.9. The predicted molar refractivity (Wildman–Crippen MR) is 236 cm³/mol. The lowest BCUT2D eigenvalue weighted by Gasteiger charge is -2.15. The average Bonchev–Trinajstić information content (AvgIpc) is 3.75. The molecule has 2 N–H and O–H groups in total. The minimum Gasteiger partial charge on any atom is -0.355 e. The second-order valence-electron chi connectivity index (χ2n) is 13.6. The number of thiophene rings is 1. The highest BCUT2D eigenvalue weighted by atomic mass is 32.1. The van der Waals surface area contributed by atoms with E-state index >= 15 is 0 Å². The normalized spacial score (nSPS) is 10.9. The van der Waals surface area contributed by atoms with Gasteiger partial charge < -0.3 is 10.6 Å². The lowest BCUT2D eigenvalue weighted by molar-refractivity contribution is 1.53. The van der Waals surface area contributed by atoms with E-state index in [1.54, 1.807) is 0 Å². The molecule has 0 saturated carbocycles. The fourth-order valence-corrected chi connectivity index (χ4v) is 8.12. The first-order chi connectivity index (χ1) is 27.2. The van der Waals surface area contributed by atoms with Crippen molar-refractivity contribution in [3.63, 3.8) is 0 Å². The van der Waals surface area contributed by atoms with Crippen LogP contribution in [0.4, 0.5) is 22.7 Å². The molecule has 2 nitrogen and oxygen atoms in total. The van der Waals surface area contributed by atoms with Gasteiger partial charge in [-0.05, 0) is 93.0 Å². The molecule has 0 bridgehead atoms. The molecule has 9 aromatic rings. The van der Waals surface area contributed by atoms with Crippen LogP contribution >= 0.6 is 11.3 Å². The molecule has 9 rings (SSSR count). The number of nitrogens with one attached hydrogen (secondary N) is 2. The van der Waals surface area contributed by atoms with Crippen LogP contribution in [0.2, 0.25) is 0 Å².